The number of nitrogen functional groups attached to an aromatic ring is 1. The molecule has 1 aromatic carbocycles. The molecule has 0 aromatic heterocycles. The molecule has 1 aromatic rings. The molecule has 0 radical (unpaired) electrons. The van der Waals surface area contributed by atoms with E-state index in [1.807, 2.05) is 0 Å². The van der Waals surface area contributed by atoms with Gasteiger partial charge in [-0.2, -0.15) is 0 Å². The van der Waals surface area contributed by atoms with Gasteiger partial charge in [-0.3, -0.25) is 4.79 Å². The maximum absolute atomic E-state index is 13.2. The largest absolute Gasteiger partial charge is 0.396 e. The van der Waals surface area contributed by atoms with Gasteiger partial charge in [-0.05, 0) is 12.1 Å². The number of hydrogen-bond acceptors (Lipinski definition) is 2. The fourth-order valence-electron chi connectivity index (χ4n) is 0.903. The minimum atomic E-state index is -0.924. The molecule has 0 aliphatic carbocycles. The van der Waals surface area contributed by atoms with Gasteiger partial charge in [0.25, 0.3) is 0 Å². The summed E-state index contributed by atoms with van der Waals surface area (Å²) in [6.45, 7) is 0. The summed E-state index contributed by atoms with van der Waals surface area (Å²) >= 11 is 0. The minimum absolute atomic E-state index is 0.195. The summed E-state index contributed by atoms with van der Waals surface area (Å²) in [5.74, 6) is 2.02. The lowest BCUT2D eigenvalue weighted by Gasteiger charge is -1.99. The first-order valence-electron chi connectivity index (χ1n) is 4.03. The Bertz CT molecular complexity index is 460. The second kappa shape index (κ2) is 4.42. The third kappa shape index (κ3) is 2.68. The lowest BCUT2D eigenvalue weighted by Crippen LogP contribution is -2.08. The van der Waals surface area contributed by atoms with Gasteiger partial charge in [0.15, 0.2) is 5.82 Å². The molecule has 78 valence electrons. The molecule has 1 amide bonds. The molecule has 5 heteroatoms. The van der Waals surface area contributed by atoms with Crippen LogP contribution in [0.3, 0.4) is 0 Å². The van der Waals surface area contributed by atoms with E-state index in [0.29, 0.717) is 0 Å². The second-order valence-electron chi connectivity index (χ2n) is 2.77. The van der Waals surface area contributed by atoms with Crippen LogP contribution in [-0.4, -0.2) is 5.91 Å². The summed E-state index contributed by atoms with van der Waals surface area (Å²) in [6.07, 6.45) is -0.256. The van der Waals surface area contributed by atoms with Gasteiger partial charge in [0.2, 0.25) is 5.91 Å². The highest BCUT2D eigenvalue weighted by molar-refractivity contribution is 5.76. The lowest BCUT2D eigenvalue weighted by atomic mass is 10.1. The Hall–Kier alpha value is -2.09. The molecule has 1 rings (SSSR count). The van der Waals surface area contributed by atoms with E-state index in [9.17, 15) is 13.6 Å². The Labute approximate surface area is 85.1 Å². The van der Waals surface area contributed by atoms with E-state index in [4.69, 9.17) is 11.5 Å². The molecule has 0 unspecified atom stereocenters. The van der Waals surface area contributed by atoms with Crippen LogP contribution in [0.15, 0.2) is 12.1 Å². The molecule has 0 fully saturated rings. The summed E-state index contributed by atoms with van der Waals surface area (Å²) in [5.41, 5.74) is 9.39. The average molecular weight is 210 g/mol. The summed E-state index contributed by atoms with van der Waals surface area (Å²) in [4.78, 5) is 10.3. The zero-order valence-corrected chi connectivity index (χ0v) is 7.68. The van der Waals surface area contributed by atoms with Crippen molar-refractivity contribution >= 4 is 11.6 Å². The summed E-state index contributed by atoms with van der Waals surface area (Å²) in [7, 11) is 0. The predicted molar refractivity (Wildman–Crippen MR) is 51.5 cm³/mol. The van der Waals surface area contributed by atoms with Crippen molar-refractivity contribution in [2.24, 2.45) is 5.73 Å². The van der Waals surface area contributed by atoms with Crippen molar-refractivity contribution < 1.29 is 13.6 Å². The molecule has 0 saturated carbocycles. The Balaban J connectivity index is 3.07. The molecule has 15 heavy (non-hydrogen) atoms. The topological polar surface area (TPSA) is 69.1 Å². The van der Waals surface area contributed by atoms with Crippen LogP contribution in [0.5, 0.6) is 0 Å². The lowest BCUT2D eigenvalue weighted by molar-refractivity contribution is -0.117. The van der Waals surface area contributed by atoms with Crippen molar-refractivity contribution in [1.82, 2.24) is 0 Å². The van der Waals surface area contributed by atoms with Crippen LogP contribution in [0.1, 0.15) is 12.0 Å². The fraction of sp³-hybridized carbons (Fsp3) is 0.100. The fourth-order valence-corrected chi connectivity index (χ4v) is 0.903. The van der Waals surface area contributed by atoms with Crippen LogP contribution in [-0.2, 0) is 4.79 Å². The summed E-state index contributed by atoms with van der Waals surface area (Å²) in [5, 5.41) is 0. The Kier molecular flexibility index (Phi) is 3.24. The van der Waals surface area contributed by atoms with Crippen molar-refractivity contribution in [2.75, 3.05) is 5.73 Å². The van der Waals surface area contributed by atoms with Gasteiger partial charge in [0, 0.05) is 0 Å². The Morgan fingerprint density at radius 3 is 2.67 bits per heavy atom. The first-order chi connectivity index (χ1) is 7.02. The zero-order chi connectivity index (χ0) is 11.4. The quantitative estimate of drug-likeness (QED) is 0.531. The highest BCUT2D eigenvalue weighted by Gasteiger charge is 2.09. The van der Waals surface area contributed by atoms with E-state index in [1.54, 1.807) is 0 Å². The number of benzene rings is 1. The first-order valence-corrected chi connectivity index (χ1v) is 4.03. The number of hydrogen-bond donors (Lipinski definition) is 2. The molecule has 0 atom stereocenters. The Morgan fingerprint density at radius 1 is 1.40 bits per heavy atom. The minimum Gasteiger partial charge on any atom is -0.396 e. The van der Waals surface area contributed by atoms with E-state index < -0.39 is 23.1 Å². The highest BCUT2D eigenvalue weighted by atomic mass is 19.1. The van der Waals surface area contributed by atoms with Crippen molar-refractivity contribution in [3.63, 3.8) is 0 Å². The van der Waals surface area contributed by atoms with Crippen LogP contribution >= 0.6 is 0 Å². The standard InChI is InChI=1S/C10H8F2N2O/c11-7-4-5-8(13)10(12)6(7)2-1-3-9(14)15/h4-5H,3,13H2,(H2,14,15). The SMILES string of the molecule is NC(=O)CC#Cc1c(F)ccc(N)c1F. The van der Waals surface area contributed by atoms with E-state index in [-0.39, 0.29) is 12.1 Å². The number of primary amides is 1. The number of carbonyl (C=O) groups excluding carboxylic acids is 1. The molecule has 0 aliphatic heterocycles. The molecule has 0 heterocycles. The highest BCUT2D eigenvalue weighted by Crippen LogP contribution is 2.17. The van der Waals surface area contributed by atoms with E-state index in [0.717, 1.165) is 12.1 Å². The van der Waals surface area contributed by atoms with Gasteiger partial charge in [-0.25, -0.2) is 8.78 Å². The van der Waals surface area contributed by atoms with E-state index >= 15 is 0 Å². The number of halogens is 2. The molecule has 0 bridgehead atoms. The van der Waals surface area contributed by atoms with Gasteiger partial charge in [-0.1, -0.05) is 11.8 Å². The van der Waals surface area contributed by atoms with Gasteiger partial charge < -0.3 is 11.5 Å². The maximum atomic E-state index is 13.2. The monoisotopic (exact) mass is 210 g/mol. The smallest absolute Gasteiger partial charge is 0.229 e. The third-order valence-corrected chi connectivity index (χ3v) is 1.60. The number of carbonyl (C=O) groups is 1. The van der Waals surface area contributed by atoms with Crippen LogP contribution in [0, 0.1) is 23.5 Å². The molecule has 4 N–H and O–H groups in total. The van der Waals surface area contributed by atoms with Crippen molar-refractivity contribution in [3.05, 3.63) is 29.3 Å². The van der Waals surface area contributed by atoms with E-state index in [1.165, 1.54) is 0 Å². The number of nitrogens with two attached hydrogens (primary N) is 2. The summed E-state index contributed by atoms with van der Waals surface area (Å²) < 4.78 is 26.2. The van der Waals surface area contributed by atoms with Crippen molar-refractivity contribution in [2.45, 2.75) is 6.42 Å². The molecule has 3 nitrogen and oxygen atoms in total. The van der Waals surface area contributed by atoms with Gasteiger partial charge in [0.1, 0.15) is 5.82 Å². The number of anilines is 1. The van der Waals surface area contributed by atoms with Gasteiger partial charge >= 0.3 is 0 Å². The second-order valence-corrected chi connectivity index (χ2v) is 2.77. The van der Waals surface area contributed by atoms with Crippen LogP contribution < -0.4 is 11.5 Å². The van der Waals surface area contributed by atoms with Gasteiger partial charge in [-0.15, -0.1) is 0 Å². The van der Waals surface area contributed by atoms with Crippen LogP contribution in [0.2, 0.25) is 0 Å². The predicted octanol–water partition coefficient (Wildman–Crippen LogP) is 0.774. The summed E-state index contributed by atoms with van der Waals surface area (Å²) in [6, 6.07) is 2.11. The number of rotatable bonds is 1. The molecule has 0 aliphatic rings. The zero-order valence-electron chi connectivity index (χ0n) is 7.68. The average Bonchev–Trinajstić information content (AvgIpc) is 2.17. The molecule has 0 spiro atoms. The third-order valence-electron chi connectivity index (χ3n) is 1.60. The number of amides is 1. The normalized spacial score (nSPS) is 9.20. The molecular formula is C10H8F2N2O. The Morgan fingerprint density at radius 2 is 2.07 bits per heavy atom. The molecule has 0 saturated heterocycles. The van der Waals surface area contributed by atoms with Crippen molar-refractivity contribution in [3.8, 4) is 11.8 Å². The van der Waals surface area contributed by atoms with Crippen molar-refractivity contribution in [1.29, 1.82) is 0 Å². The van der Waals surface area contributed by atoms with Crippen LogP contribution in [0.4, 0.5) is 14.5 Å². The van der Waals surface area contributed by atoms with E-state index in [2.05, 4.69) is 11.8 Å². The first kappa shape index (κ1) is 11.0. The molecular weight excluding hydrogens is 202 g/mol. The van der Waals surface area contributed by atoms with Crippen LogP contribution in [0.25, 0.3) is 0 Å². The maximum Gasteiger partial charge on any atom is 0.229 e. The van der Waals surface area contributed by atoms with Gasteiger partial charge in [0.05, 0.1) is 17.7 Å².